The van der Waals surface area contributed by atoms with Gasteiger partial charge in [0, 0.05) is 24.0 Å². The number of ether oxygens (including phenoxy) is 1. The van der Waals surface area contributed by atoms with Gasteiger partial charge in [0.1, 0.15) is 5.75 Å². The number of alkyl halides is 3. The van der Waals surface area contributed by atoms with Crippen molar-refractivity contribution in [3.05, 3.63) is 36.7 Å². The molecule has 1 aromatic heterocycles. The van der Waals surface area contributed by atoms with Gasteiger partial charge in [-0.25, -0.2) is 9.97 Å². The van der Waals surface area contributed by atoms with Crippen LogP contribution in [0.2, 0.25) is 0 Å². The summed E-state index contributed by atoms with van der Waals surface area (Å²) in [4.78, 5) is 8.62. The molecule has 146 valence electrons. The van der Waals surface area contributed by atoms with Crippen LogP contribution < -0.4 is 10.1 Å². The number of nitrogens with zero attached hydrogens (tertiary/aromatic N) is 2. The van der Waals surface area contributed by atoms with E-state index in [0.29, 0.717) is 18.8 Å². The van der Waals surface area contributed by atoms with Crippen molar-refractivity contribution < 1.29 is 17.9 Å². The molecule has 7 heteroatoms. The van der Waals surface area contributed by atoms with Crippen molar-refractivity contribution in [2.45, 2.75) is 57.9 Å². The van der Waals surface area contributed by atoms with Crippen LogP contribution in [-0.2, 0) is 0 Å². The third-order valence-electron chi connectivity index (χ3n) is 4.73. The first-order valence-corrected chi connectivity index (χ1v) is 9.23. The number of nitrogens with one attached hydrogen (secondary N) is 1. The summed E-state index contributed by atoms with van der Waals surface area (Å²) in [5, 5.41) is 3.15. The first-order chi connectivity index (χ1) is 12.8. The van der Waals surface area contributed by atoms with E-state index in [2.05, 4.69) is 15.3 Å². The average Bonchev–Trinajstić information content (AvgIpc) is 2.62. The van der Waals surface area contributed by atoms with Gasteiger partial charge in [-0.1, -0.05) is 12.1 Å². The molecule has 1 aliphatic carbocycles. The quantitative estimate of drug-likeness (QED) is 0.749. The number of aromatic nitrogens is 2. The third-order valence-corrected chi connectivity index (χ3v) is 4.73. The maximum Gasteiger partial charge on any atom is 0.391 e. The Kier molecular flexibility index (Phi) is 5.87. The molecule has 3 rings (SSSR count). The lowest BCUT2D eigenvalue weighted by Crippen LogP contribution is -2.33. The highest BCUT2D eigenvalue weighted by Crippen LogP contribution is 2.38. The molecule has 4 nitrogen and oxygen atoms in total. The number of halogens is 3. The number of benzene rings is 1. The number of hydrogen-bond donors (Lipinski definition) is 1. The number of rotatable bonds is 5. The van der Waals surface area contributed by atoms with Crippen LogP contribution >= 0.6 is 0 Å². The lowest BCUT2D eigenvalue weighted by Gasteiger charge is -2.30. The standard InChI is InChI=1S/C20H24F3N3O/c1-13(2)27-18-9-3-14(4-10-18)15-11-24-19(25-12-15)26-17-7-5-16(6-8-17)20(21,22)23/h3-4,9-13,16-17H,5-8H2,1-2H3,(H,24,25,26)/t16-,17+. The molecule has 0 amide bonds. The first kappa shape index (κ1) is 19.5. The Morgan fingerprint density at radius 2 is 1.56 bits per heavy atom. The summed E-state index contributed by atoms with van der Waals surface area (Å²) in [5.41, 5.74) is 1.85. The van der Waals surface area contributed by atoms with Crippen LogP contribution in [0, 0.1) is 5.92 Å². The van der Waals surface area contributed by atoms with Gasteiger partial charge in [0.05, 0.1) is 12.0 Å². The smallest absolute Gasteiger partial charge is 0.391 e. The zero-order valence-corrected chi connectivity index (χ0v) is 15.5. The molecule has 0 bridgehead atoms. The van der Waals surface area contributed by atoms with Crippen LogP contribution in [-0.4, -0.2) is 28.3 Å². The van der Waals surface area contributed by atoms with E-state index in [1.54, 1.807) is 12.4 Å². The Morgan fingerprint density at radius 1 is 0.963 bits per heavy atom. The van der Waals surface area contributed by atoms with Crippen LogP contribution in [0.4, 0.5) is 19.1 Å². The van der Waals surface area contributed by atoms with E-state index in [4.69, 9.17) is 4.74 Å². The average molecular weight is 379 g/mol. The minimum atomic E-state index is -4.08. The monoisotopic (exact) mass is 379 g/mol. The summed E-state index contributed by atoms with van der Waals surface area (Å²) in [6.07, 6.45) is 0.742. The molecule has 1 heterocycles. The van der Waals surface area contributed by atoms with Crippen LogP contribution in [0.5, 0.6) is 5.75 Å². The second kappa shape index (κ2) is 8.15. The summed E-state index contributed by atoms with van der Waals surface area (Å²) in [7, 11) is 0. The zero-order valence-electron chi connectivity index (χ0n) is 15.5. The summed E-state index contributed by atoms with van der Waals surface area (Å²) in [6.45, 7) is 3.95. The molecule has 0 saturated heterocycles. The Balaban J connectivity index is 1.56. The maximum atomic E-state index is 12.7. The Labute approximate surface area is 157 Å². The van der Waals surface area contributed by atoms with Gasteiger partial charge in [0.25, 0.3) is 0 Å². The summed E-state index contributed by atoms with van der Waals surface area (Å²) in [6, 6.07) is 7.69. The second-order valence-corrected chi connectivity index (χ2v) is 7.22. The molecule has 0 unspecified atom stereocenters. The fourth-order valence-corrected chi connectivity index (χ4v) is 3.30. The van der Waals surface area contributed by atoms with Crippen LogP contribution in [0.3, 0.4) is 0 Å². The lowest BCUT2D eigenvalue weighted by atomic mass is 9.86. The highest BCUT2D eigenvalue weighted by molar-refractivity contribution is 5.62. The Morgan fingerprint density at radius 3 is 2.07 bits per heavy atom. The molecule has 0 aliphatic heterocycles. The minimum Gasteiger partial charge on any atom is -0.491 e. The van der Waals surface area contributed by atoms with Crippen molar-refractivity contribution in [2.24, 2.45) is 5.92 Å². The molecule has 27 heavy (non-hydrogen) atoms. The van der Waals surface area contributed by atoms with Gasteiger partial charge in [0.15, 0.2) is 0 Å². The highest BCUT2D eigenvalue weighted by atomic mass is 19.4. The first-order valence-electron chi connectivity index (χ1n) is 9.23. The van der Waals surface area contributed by atoms with Gasteiger partial charge in [-0.05, 0) is 57.2 Å². The fourth-order valence-electron chi connectivity index (χ4n) is 3.30. The maximum absolute atomic E-state index is 12.7. The molecule has 0 spiro atoms. The van der Waals surface area contributed by atoms with E-state index < -0.39 is 12.1 Å². The van der Waals surface area contributed by atoms with Crippen LogP contribution in [0.1, 0.15) is 39.5 Å². The van der Waals surface area contributed by atoms with Crippen molar-refractivity contribution in [3.63, 3.8) is 0 Å². The van der Waals surface area contributed by atoms with Gasteiger partial charge in [-0.15, -0.1) is 0 Å². The molecule has 1 aromatic carbocycles. The number of hydrogen-bond acceptors (Lipinski definition) is 4. The van der Waals surface area contributed by atoms with Gasteiger partial charge in [0.2, 0.25) is 5.95 Å². The Hall–Kier alpha value is -2.31. The van der Waals surface area contributed by atoms with E-state index in [1.807, 2.05) is 38.1 Å². The van der Waals surface area contributed by atoms with Crippen molar-refractivity contribution >= 4 is 5.95 Å². The molecule has 1 fully saturated rings. The van der Waals surface area contributed by atoms with Crippen molar-refractivity contribution in [2.75, 3.05) is 5.32 Å². The van der Waals surface area contributed by atoms with Gasteiger partial charge >= 0.3 is 6.18 Å². The molecular weight excluding hydrogens is 355 g/mol. The van der Waals surface area contributed by atoms with Crippen molar-refractivity contribution in [3.8, 4) is 16.9 Å². The zero-order chi connectivity index (χ0) is 19.4. The predicted octanol–water partition coefficient (Wildman–Crippen LogP) is 5.46. The van der Waals surface area contributed by atoms with Gasteiger partial charge < -0.3 is 10.1 Å². The second-order valence-electron chi connectivity index (χ2n) is 7.22. The molecule has 2 aromatic rings. The number of anilines is 1. The SMILES string of the molecule is CC(C)Oc1ccc(-c2cnc(N[C@H]3CC[C@@H](C(F)(F)F)CC3)nc2)cc1. The van der Waals surface area contributed by atoms with Gasteiger partial charge in [-0.2, -0.15) is 13.2 Å². The van der Waals surface area contributed by atoms with Crippen LogP contribution in [0.25, 0.3) is 11.1 Å². The van der Waals surface area contributed by atoms with E-state index >= 15 is 0 Å². The molecule has 1 aliphatic rings. The van der Waals surface area contributed by atoms with E-state index in [-0.39, 0.29) is 25.0 Å². The van der Waals surface area contributed by atoms with Gasteiger partial charge in [-0.3, -0.25) is 0 Å². The molecular formula is C20H24F3N3O. The molecule has 1 saturated carbocycles. The summed E-state index contributed by atoms with van der Waals surface area (Å²) in [5.74, 6) is 0.0814. The van der Waals surface area contributed by atoms with E-state index in [0.717, 1.165) is 16.9 Å². The summed E-state index contributed by atoms with van der Waals surface area (Å²) >= 11 is 0. The van der Waals surface area contributed by atoms with Crippen molar-refractivity contribution in [1.29, 1.82) is 0 Å². The van der Waals surface area contributed by atoms with Crippen molar-refractivity contribution in [1.82, 2.24) is 9.97 Å². The molecule has 0 radical (unpaired) electrons. The topological polar surface area (TPSA) is 47.0 Å². The highest BCUT2D eigenvalue weighted by Gasteiger charge is 2.41. The van der Waals surface area contributed by atoms with E-state index in [1.165, 1.54) is 0 Å². The predicted molar refractivity (Wildman–Crippen MR) is 98.7 cm³/mol. The largest absolute Gasteiger partial charge is 0.491 e. The van der Waals surface area contributed by atoms with Crippen LogP contribution in [0.15, 0.2) is 36.7 Å². The Bertz CT molecular complexity index is 722. The lowest BCUT2D eigenvalue weighted by molar-refractivity contribution is -0.182. The summed E-state index contributed by atoms with van der Waals surface area (Å²) < 4.78 is 43.8. The molecule has 0 atom stereocenters. The molecule has 1 N–H and O–H groups in total. The van der Waals surface area contributed by atoms with E-state index in [9.17, 15) is 13.2 Å². The normalized spacial score (nSPS) is 20.5. The third kappa shape index (κ3) is 5.34. The fraction of sp³-hybridized carbons (Fsp3) is 0.500. The minimum absolute atomic E-state index is 0.0121.